The number of rotatable bonds is 6. The van der Waals surface area contributed by atoms with E-state index in [0.717, 1.165) is 23.0 Å². The quantitative estimate of drug-likeness (QED) is 0.845. The maximum absolute atomic E-state index is 12.3. The molecule has 0 heterocycles. The van der Waals surface area contributed by atoms with Gasteiger partial charge in [-0.1, -0.05) is 67.6 Å². The Kier molecular flexibility index (Phi) is 6.14. The summed E-state index contributed by atoms with van der Waals surface area (Å²) in [5.41, 5.74) is 2.03. The number of carbonyl (C=O) groups is 1. The first-order chi connectivity index (χ1) is 11.5. The molecule has 0 aliphatic heterocycles. The molecule has 6 heteroatoms. The first-order valence-electron chi connectivity index (χ1n) is 7.65. The zero-order chi connectivity index (χ0) is 17.4. The molecule has 0 aliphatic carbocycles. The van der Waals surface area contributed by atoms with Crippen molar-refractivity contribution in [3.8, 4) is 0 Å². The van der Waals surface area contributed by atoms with Crippen LogP contribution in [0.5, 0.6) is 0 Å². The summed E-state index contributed by atoms with van der Waals surface area (Å²) in [6, 6.07) is 17.6. The summed E-state index contributed by atoms with van der Waals surface area (Å²) in [4.78, 5) is 11.6. The molecule has 24 heavy (non-hydrogen) atoms. The van der Waals surface area contributed by atoms with Crippen LogP contribution in [0.15, 0.2) is 66.1 Å². The zero-order valence-electron chi connectivity index (χ0n) is 13.4. The summed E-state index contributed by atoms with van der Waals surface area (Å²) in [6.45, 7) is 2.30. The number of sulfonamides is 1. The highest BCUT2D eigenvalue weighted by molar-refractivity contribution is 7.93. The van der Waals surface area contributed by atoms with E-state index in [1.54, 1.807) is 0 Å². The van der Waals surface area contributed by atoms with Crippen LogP contribution in [-0.2, 0) is 10.0 Å². The molecule has 0 unspecified atom stereocenters. The fourth-order valence-corrected chi connectivity index (χ4v) is 3.10. The van der Waals surface area contributed by atoms with E-state index < -0.39 is 16.1 Å². The number of urea groups is 1. The number of benzene rings is 2. The molecule has 2 aromatic carbocycles. The Bertz CT molecular complexity index is 759. The van der Waals surface area contributed by atoms with Crippen molar-refractivity contribution in [2.24, 2.45) is 0 Å². The fraction of sp³-hybridized carbons (Fsp3) is 0.167. The van der Waals surface area contributed by atoms with Gasteiger partial charge in [0.05, 0.1) is 5.41 Å². The Hall–Kier alpha value is -2.60. The minimum atomic E-state index is -3.93. The second-order valence-corrected chi connectivity index (χ2v) is 6.70. The van der Waals surface area contributed by atoms with Crippen molar-refractivity contribution in [3.05, 3.63) is 77.2 Å². The predicted octanol–water partition coefficient (Wildman–Crippen LogP) is 3.11. The Morgan fingerprint density at radius 2 is 1.46 bits per heavy atom. The van der Waals surface area contributed by atoms with Crippen LogP contribution in [0.2, 0.25) is 0 Å². The summed E-state index contributed by atoms with van der Waals surface area (Å²) in [7, 11) is -3.93. The first-order valence-corrected chi connectivity index (χ1v) is 9.19. The van der Waals surface area contributed by atoms with Gasteiger partial charge in [0.25, 0.3) is 10.0 Å². The number of hydrogen-bond donors (Lipinski definition) is 2. The van der Waals surface area contributed by atoms with Crippen molar-refractivity contribution < 1.29 is 13.2 Å². The molecule has 2 N–H and O–H groups in total. The van der Waals surface area contributed by atoms with E-state index in [-0.39, 0.29) is 0 Å². The molecule has 0 atom stereocenters. The number of hydrogen-bond acceptors (Lipinski definition) is 3. The van der Waals surface area contributed by atoms with Gasteiger partial charge in [-0.05, 0) is 17.5 Å². The van der Waals surface area contributed by atoms with Gasteiger partial charge in [-0.2, -0.15) is 0 Å². The summed E-state index contributed by atoms with van der Waals surface area (Å²) in [5.74, 6) is 0. The maximum Gasteiger partial charge on any atom is 0.328 e. The minimum absolute atomic E-state index is 0.412. The van der Waals surface area contributed by atoms with Crippen LogP contribution in [0.1, 0.15) is 24.5 Å². The van der Waals surface area contributed by atoms with Crippen molar-refractivity contribution in [2.75, 3.05) is 6.54 Å². The molecular weight excluding hydrogens is 324 g/mol. The van der Waals surface area contributed by atoms with Crippen LogP contribution < -0.4 is 10.0 Å². The summed E-state index contributed by atoms with van der Waals surface area (Å²) < 4.78 is 26.6. The Morgan fingerprint density at radius 3 is 1.92 bits per heavy atom. The molecule has 2 aromatic rings. The normalized spacial score (nSPS) is 10.7. The average molecular weight is 344 g/mol. The molecule has 0 aliphatic rings. The molecule has 0 spiro atoms. The third kappa shape index (κ3) is 5.24. The van der Waals surface area contributed by atoms with E-state index in [2.05, 4.69) is 5.32 Å². The van der Waals surface area contributed by atoms with Gasteiger partial charge in [0.2, 0.25) is 0 Å². The molecular formula is C18H20N2O3S. The molecule has 2 amide bonds. The van der Waals surface area contributed by atoms with Gasteiger partial charge >= 0.3 is 6.03 Å². The lowest BCUT2D eigenvalue weighted by molar-refractivity contribution is 0.246. The standard InChI is InChI=1S/C18H20N2O3S/c1-2-13-19-18(21)20-24(22,23)14-17(15-9-5-3-6-10-15)16-11-7-4-8-12-16/h3-12,14H,2,13H2,1H3,(H2,19,20,21). The van der Waals surface area contributed by atoms with Crippen molar-refractivity contribution in [2.45, 2.75) is 13.3 Å². The lowest BCUT2D eigenvalue weighted by atomic mass is 10.00. The molecule has 0 fully saturated rings. The Labute approximate surface area is 142 Å². The lowest BCUT2D eigenvalue weighted by Gasteiger charge is -2.10. The topological polar surface area (TPSA) is 75.3 Å². The fourth-order valence-electron chi connectivity index (χ4n) is 2.13. The Morgan fingerprint density at radius 1 is 0.958 bits per heavy atom. The summed E-state index contributed by atoms with van der Waals surface area (Å²) in [5, 5.41) is 3.57. The minimum Gasteiger partial charge on any atom is -0.337 e. The number of amides is 2. The molecule has 0 aromatic heterocycles. The molecule has 0 bridgehead atoms. The second kappa shape index (κ2) is 8.31. The summed E-state index contributed by atoms with van der Waals surface area (Å²) in [6.07, 6.45) is 0.725. The van der Waals surface area contributed by atoms with Crippen molar-refractivity contribution in [1.82, 2.24) is 10.0 Å². The summed E-state index contributed by atoms with van der Waals surface area (Å²) >= 11 is 0. The van der Waals surface area contributed by atoms with Crippen LogP contribution in [-0.4, -0.2) is 21.0 Å². The maximum atomic E-state index is 12.3. The molecule has 5 nitrogen and oxygen atoms in total. The van der Waals surface area contributed by atoms with Crippen LogP contribution in [0, 0.1) is 0 Å². The van der Waals surface area contributed by atoms with Gasteiger partial charge in [-0.15, -0.1) is 0 Å². The number of nitrogens with one attached hydrogen (secondary N) is 2. The lowest BCUT2D eigenvalue weighted by Crippen LogP contribution is -2.38. The van der Waals surface area contributed by atoms with E-state index >= 15 is 0 Å². The van der Waals surface area contributed by atoms with Gasteiger partial charge in [0, 0.05) is 12.1 Å². The highest BCUT2D eigenvalue weighted by Gasteiger charge is 2.15. The van der Waals surface area contributed by atoms with Crippen LogP contribution in [0.4, 0.5) is 4.79 Å². The van der Waals surface area contributed by atoms with E-state index in [0.29, 0.717) is 12.1 Å². The zero-order valence-corrected chi connectivity index (χ0v) is 14.2. The van der Waals surface area contributed by atoms with E-state index in [1.807, 2.05) is 72.3 Å². The van der Waals surface area contributed by atoms with Gasteiger partial charge in [0.15, 0.2) is 0 Å². The van der Waals surface area contributed by atoms with E-state index in [9.17, 15) is 13.2 Å². The smallest absolute Gasteiger partial charge is 0.328 e. The van der Waals surface area contributed by atoms with Crippen LogP contribution >= 0.6 is 0 Å². The highest BCUT2D eigenvalue weighted by atomic mass is 32.2. The van der Waals surface area contributed by atoms with E-state index in [1.165, 1.54) is 0 Å². The Balaban J connectivity index is 2.36. The largest absolute Gasteiger partial charge is 0.337 e. The van der Waals surface area contributed by atoms with Crippen LogP contribution in [0.25, 0.3) is 5.57 Å². The molecule has 0 saturated carbocycles. The molecule has 0 radical (unpaired) electrons. The van der Waals surface area contributed by atoms with Crippen LogP contribution in [0.3, 0.4) is 0 Å². The SMILES string of the molecule is CCCNC(=O)NS(=O)(=O)C=C(c1ccccc1)c1ccccc1. The van der Waals surface area contributed by atoms with Gasteiger partial charge in [0.1, 0.15) is 0 Å². The monoisotopic (exact) mass is 344 g/mol. The predicted molar refractivity (Wildman–Crippen MR) is 95.7 cm³/mol. The third-order valence-corrected chi connectivity index (χ3v) is 4.23. The first kappa shape index (κ1) is 17.7. The van der Waals surface area contributed by atoms with Gasteiger partial charge in [-0.25, -0.2) is 17.9 Å². The third-order valence-electron chi connectivity index (χ3n) is 3.21. The van der Waals surface area contributed by atoms with Crippen molar-refractivity contribution in [1.29, 1.82) is 0 Å². The number of carbonyl (C=O) groups excluding carboxylic acids is 1. The van der Waals surface area contributed by atoms with Crippen molar-refractivity contribution >= 4 is 21.6 Å². The highest BCUT2D eigenvalue weighted by Crippen LogP contribution is 2.23. The average Bonchev–Trinajstić information content (AvgIpc) is 2.59. The molecule has 2 rings (SSSR count). The second-order valence-electron chi connectivity index (χ2n) is 5.17. The molecule has 126 valence electrons. The van der Waals surface area contributed by atoms with E-state index in [4.69, 9.17) is 0 Å². The molecule has 0 saturated heterocycles. The van der Waals surface area contributed by atoms with Gasteiger partial charge < -0.3 is 5.32 Å². The van der Waals surface area contributed by atoms with Crippen molar-refractivity contribution in [3.63, 3.8) is 0 Å². The van der Waals surface area contributed by atoms with Gasteiger partial charge in [-0.3, -0.25) is 0 Å².